The molecule has 0 bridgehead atoms. The van der Waals surface area contributed by atoms with Crippen LogP contribution in [-0.4, -0.2) is 48.9 Å². The van der Waals surface area contributed by atoms with Gasteiger partial charge in [0, 0.05) is 12.6 Å². The molecule has 2 fully saturated rings. The zero-order valence-electron chi connectivity index (χ0n) is 12.6. The van der Waals surface area contributed by atoms with E-state index in [1.54, 1.807) is 30.1 Å². The summed E-state index contributed by atoms with van der Waals surface area (Å²) < 4.78 is 13.8. The molecule has 2 aliphatic rings. The third kappa shape index (κ3) is 3.11. The monoisotopic (exact) mass is 305 g/mol. The molecule has 1 atom stereocenters. The molecule has 1 aliphatic heterocycles. The average Bonchev–Trinajstić information content (AvgIpc) is 3.20. The minimum atomic E-state index is -0.398. The number of carbonyl (C=O) groups is 2. The number of likely N-dealkylation sites (N-methyl/N-ethyl adjacent to an activating group) is 1. The number of nitrogens with one attached hydrogen (secondary N) is 1. The van der Waals surface area contributed by atoms with Crippen LogP contribution in [0.5, 0.6) is 0 Å². The Hall–Kier alpha value is -1.95. The van der Waals surface area contributed by atoms with Crippen LogP contribution in [0.2, 0.25) is 0 Å². The molecule has 0 radical (unpaired) electrons. The van der Waals surface area contributed by atoms with Gasteiger partial charge in [0.2, 0.25) is 11.8 Å². The van der Waals surface area contributed by atoms with Crippen LogP contribution in [0.4, 0.5) is 10.1 Å². The normalized spacial score (nSPS) is 21.5. The van der Waals surface area contributed by atoms with Crippen molar-refractivity contribution in [3.8, 4) is 0 Å². The summed E-state index contributed by atoms with van der Waals surface area (Å²) in [6.45, 7) is 0.664. The number of amides is 2. The first-order chi connectivity index (χ1) is 10.6. The molecule has 3 rings (SSSR count). The van der Waals surface area contributed by atoms with E-state index < -0.39 is 5.82 Å². The van der Waals surface area contributed by atoms with Crippen LogP contribution >= 0.6 is 0 Å². The molecule has 2 amide bonds. The molecule has 1 saturated carbocycles. The molecule has 1 aromatic rings. The van der Waals surface area contributed by atoms with Gasteiger partial charge in [0.05, 0.1) is 18.3 Å². The van der Waals surface area contributed by atoms with E-state index in [-0.39, 0.29) is 24.4 Å². The van der Waals surface area contributed by atoms with Crippen LogP contribution in [-0.2, 0) is 9.59 Å². The van der Waals surface area contributed by atoms with Crippen molar-refractivity contribution < 1.29 is 14.0 Å². The van der Waals surface area contributed by atoms with Crippen LogP contribution in [0.3, 0.4) is 0 Å². The van der Waals surface area contributed by atoms with Crippen LogP contribution in [0.1, 0.15) is 19.3 Å². The van der Waals surface area contributed by atoms with E-state index in [9.17, 15) is 14.0 Å². The lowest BCUT2D eigenvalue weighted by Gasteiger charge is -2.23. The van der Waals surface area contributed by atoms with Gasteiger partial charge < -0.3 is 10.2 Å². The first-order valence-corrected chi connectivity index (χ1v) is 7.62. The second-order valence-corrected chi connectivity index (χ2v) is 6.00. The van der Waals surface area contributed by atoms with Crippen LogP contribution in [0.25, 0.3) is 0 Å². The highest BCUT2D eigenvalue weighted by molar-refractivity contribution is 5.99. The minimum Gasteiger partial charge on any atom is -0.352 e. The summed E-state index contributed by atoms with van der Waals surface area (Å²) in [6.07, 6.45) is 2.68. The Bertz CT molecular complexity index is 589. The molecule has 1 heterocycles. The molecule has 1 saturated heterocycles. The molecular formula is C16H20FN3O2. The SMILES string of the molecule is CN(CC(=O)NC1CC1)C1CCN(c2ccccc2F)C1=O. The molecule has 0 aromatic heterocycles. The number of carbonyl (C=O) groups excluding carboxylic acids is 2. The molecular weight excluding hydrogens is 285 g/mol. The van der Waals surface area contributed by atoms with E-state index in [4.69, 9.17) is 0 Å². The van der Waals surface area contributed by atoms with Crippen molar-refractivity contribution in [3.05, 3.63) is 30.1 Å². The summed E-state index contributed by atoms with van der Waals surface area (Å²) in [6, 6.07) is 6.22. The molecule has 1 N–H and O–H groups in total. The molecule has 22 heavy (non-hydrogen) atoms. The summed E-state index contributed by atoms with van der Waals surface area (Å²) in [5, 5.41) is 2.91. The second kappa shape index (κ2) is 6.04. The standard InChI is InChI=1S/C16H20FN3O2/c1-19(10-15(21)18-11-6-7-11)14-8-9-20(16(14)22)13-5-3-2-4-12(13)17/h2-5,11,14H,6-10H2,1H3,(H,18,21). The Morgan fingerprint density at radius 2 is 2.09 bits per heavy atom. The van der Waals surface area contributed by atoms with Gasteiger partial charge in [-0.15, -0.1) is 0 Å². The fourth-order valence-electron chi connectivity index (χ4n) is 2.82. The first-order valence-electron chi connectivity index (χ1n) is 7.62. The third-order valence-electron chi connectivity index (χ3n) is 4.19. The Labute approximate surface area is 129 Å². The zero-order valence-corrected chi connectivity index (χ0v) is 12.6. The summed E-state index contributed by atoms with van der Waals surface area (Å²) in [7, 11) is 1.76. The molecule has 6 heteroatoms. The van der Waals surface area contributed by atoms with Gasteiger partial charge in [-0.2, -0.15) is 0 Å². The number of hydrogen-bond acceptors (Lipinski definition) is 3. The van der Waals surface area contributed by atoms with Crippen molar-refractivity contribution in [1.82, 2.24) is 10.2 Å². The topological polar surface area (TPSA) is 52.7 Å². The van der Waals surface area contributed by atoms with E-state index in [1.807, 2.05) is 0 Å². The van der Waals surface area contributed by atoms with Crippen molar-refractivity contribution in [3.63, 3.8) is 0 Å². The van der Waals surface area contributed by atoms with E-state index in [2.05, 4.69) is 5.32 Å². The number of rotatable bonds is 5. The minimum absolute atomic E-state index is 0.0536. The van der Waals surface area contributed by atoms with E-state index in [1.165, 1.54) is 11.0 Å². The maximum Gasteiger partial charge on any atom is 0.244 e. The molecule has 1 aromatic carbocycles. The van der Waals surface area contributed by atoms with Gasteiger partial charge in [-0.1, -0.05) is 12.1 Å². The third-order valence-corrected chi connectivity index (χ3v) is 4.19. The Kier molecular flexibility index (Phi) is 4.11. The number of para-hydroxylation sites is 1. The van der Waals surface area contributed by atoms with Crippen molar-refractivity contribution in [2.45, 2.75) is 31.3 Å². The van der Waals surface area contributed by atoms with E-state index >= 15 is 0 Å². The van der Waals surface area contributed by atoms with Gasteiger partial charge in [0.25, 0.3) is 0 Å². The maximum absolute atomic E-state index is 13.8. The first kappa shape index (κ1) is 15.0. The van der Waals surface area contributed by atoms with Gasteiger partial charge >= 0.3 is 0 Å². The molecule has 118 valence electrons. The summed E-state index contributed by atoms with van der Waals surface area (Å²) >= 11 is 0. The summed E-state index contributed by atoms with van der Waals surface area (Å²) in [5.41, 5.74) is 0.311. The van der Waals surface area contributed by atoms with Crippen molar-refractivity contribution in [2.75, 3.05) is 25.0 Å². The van der Waals surface area contributed by atoms with E-state index in [0.29, 0.717) is 24.7 Å². The highest BCUT2D eigenvalue weighted by atomic mass is 19.1. The highest BCUT2D eigenvalue weighted by Gasteiger charge is 2.37. The maximum atomic E-state index is 13.8. The summed E-state index contributed by atoms with van der Waals surface area (Å²) in [5.74, 6) is -0.598. The number of benzene rings is 1. The quantitative estimate of drug-likeness (QED) is 0.887. The fourth-order valence-corrected chi connectivity index (χ4v) is 2.82. The number of halogens is 1. The molecule has 1 aliphatic carbocycles. The highest BCUT2D eigenvalue weighted by Crippen LogP contribution is 2.26. The van der Waals surface area contributed by atoms with Crippen molar-refractivity contribution in [2.24, 2.45) is 0 Å². The largest absolute Gasteiger partial charge is 0.352 e. The average molecular weight is 305 g/mol. The molecule has 0 spiro atoms. The lowest BCUT2D eigenvalue weighted by molar-refractivity contribution is -0.125. The number of nitrogens with zero attached hydrogens (tertiary/aromatic N) is 2. The van der Waals surface area contributed by atoms with E-state index in [0.717, 1.165) is 12.8 Å². The predicted octanol–water partition coefficient (Wildman–Crippen LogP) is 1.14. The smallest absolute Gasteiger partial charge is 0.244 e. The fraction of sp³-hybridized carbons (Fsp3) is 0.500. The number of hydrogen-bond donors (Lipinski definition) is 1. The lowest BCUT2D eigenvalue weighted by Crippen LogP contribution is -2.45. The number of anilines is 1. The zero-order chi connectivity index (χ0) is 15.7. The lowest BCUT2D eigenvalue weighted by atomic mass is 10.2. The van der Waals surface area contributed by atoms with Crippen LogP contribution in [0.15, 0.2) is 24.3 Å². The Morgan fingerprint density at radius 1 is 1.36 bits per heavy atom. The Morgan fingerprint density at radius 3 is 2.77 bits per heavy atom. The van der Waals surface area contributed by atoms with Crippen LogP contribution < -0.4 is 10.2 Å². The van der Waals surface area contributed by atoms with Gasteiger partial charge in [-0.25, -0.2) is 4.39 Å². The van der Waals surface area contributed by atoms with Crippen LogP contribution in [0, 0.1) is 5.82 Å². The molecule has 1 unspecified atom stereocenters. The molecule has 5 nitrogen and oxygen atoms in total. The van der Waals surface area contributed by atoms with Crippen molar-refractivity contribution >= 4 is 17.5 Å². The summed E-state index contributed by atoms with van der Waals surface area (Å²) in [4.78, 5) is 27.6. The van der Waals surface area contributed by atoms with Gasteiger partial charge in [-0.05, 0) is 38.4 Å². The predicted molar refractivity (Wildman–Crippen MR) is 81.0 cm³/mol. The Balaban J connectivity index is 1.62. The van der Waals surface area contributed by atoms with Gasteiger partial charge in [0.15, 0.2) is 0 Å². The van der Waals surface area contributed by atoms with Crippen molar-refractivity contribution in [1.29, 1.82) is 0 Å². The van der Waals surface area contributed by atoms with Gasteiger partial charge in [0.1, 0.15) is 5.82 Å². The second-order valence-electron chi connectivity index (χ2n) is 6.00. The van der Waals surface area contributed by atoms with Gasteiger partial charge in [-0.3, -0.25) is 14.5 Å².